The van der Waals surface area contributed by atoms with E-state index in [1.165, 1.54) is 6.33 Å². The van der Waals surface area contributed by atoms with Gasteiger partial charge in [0.1, 0.15) is 18.5 Å². The predicted molar refractivity (Wildman–Crippen MR) is 80.0 cm³/mol. The summed E-state index contributed by atoms with van der Waals surface area (Å²) in [6, 6.07) is 9.74. The van der Waals surface area contributed by atoms with E-state index in [1.807, 2.05) is 18.2 Å². The Kier molecular flexibility index (Phi) is 4.59. The number of halogens is 1. The van der Waals surface area contributed by atoms with Crippen LogP contribution in [-0.4, -0.2) is 15.6 Å². The van der Waals surface area contributed by atoms with Crippen molar-refractivity contribution in [3.63, 3.8) is 0 Å². The highest BCUT2D eigenvalue weighted by molar-refractivity contribution is 6.30. The Morgan fingerprint density at radius 3 is 2.71 bits per heavy atom. The quantitative estimate of drug-likeness (QED) is 0.941. The molecule has 0 radical (unpaired) electrons. The summed E-state index contributed by atoms with van der Waals surface area (Å²) in [6.07, 6.45) is 1.47. The molecule has 0 aliphatic carbocycles. The number of nitriles is 2. The fourth-order valence-corrected chi connectivity index (χ4v) is 2.11. The SMILES string of the molecule is CC(C)NCc1ccc(Cl)cc1-n1cnc(C#N)c1C#N. The van der Waals surface area contributed by atoms with Gasteiger partial charge in [-0.15, -0.1) is 0 Å². The summed E-state index contributed by atoms with van der Waals surface area (Å²) in [6.45, 7) is 4.75. The van der Waals surface area contributed by atoms with Gasteiger partial charge in [0.25, 0.3) is 0 Å². The fraction of sp³-hybridized carbons (Fsp3) is 0.267. The van der Waals surface area contributed by atoms with E-state index in [0.29, 0.717) is 17.6 Å². The van der Waals surface area contributed by atoms with Crippen LogP contribution in [0.2, 0.25) is 5.02 Å². The van der Waals surface area contributed by atoms with Crippen molar-refractivity contribution in [2.24, 2.45) is 0 Å². The zero-order valence-corrected chi connectivity index (χ0v) is 12.5. The highest BCUT2D eigenvalue weighted by Crippen LogP contribution is 2.22. The molecule has 106 valence electrons. The van der Waals surface area contributed by atoms with E-state index in [1.54, 1.807) is 16.7 Å². The standard InChI is InChI=1S/C15H14ClN5/c1-10(2)19-8-11-3-4-12(16)5-14(11)21-9-20-13(6-17)15(21)7-18/h3-5,9-10,19H,8H2,1-2H3. The van der Waals surface area contributed by atoms with Crippen molar-refractivity contribution in [1.82, 2.24) is 14.9 Å². The molecule has 0 aliphatic rings. The maximum absolute atomic E-state index is 9.25. The van der Waals surface area contributed by atoms with Gasteiger partial charge in [-0.1, -0.05) is 31.5 Å². The third kappa shape index (κ3) is 3.22. The van der Waals surface area contributed by atoms with Crippen LogP contribution in [-0.2, 0) is 6.54 Å². The third-order valence-corrected chi connectivity index (χ3v) is 3.22. The van der Waals surface area contributed by atoms with Crippen molar-refractivity contribution in [1.29, 1.82) is 10.5 Å². The monoisotopic (exact) mass is 299 g/mol. The Morgan fingerprint density at radius 1 is 1.33 bits per heavy atom. The highest BCUT2D eigenvalue weighted by Gasteiger charge is 2.14. The van der Waals surface area contributed by atoms with Gasteiger partial charge < -0.3 is 5.32 Å². The van der Waals surface area contributed by atoms with Gasteiger partial charge in [-0.25, -0.2) is 4.98 Å². The van der Waals surface area contributed by atoms with E-state index in [0.717, 1.165) is 11.3 Å². The van der Waals surface area contributed by atoms with Gasteiger partial charge in [-0.05, 0) is 17.7 Å². The van der Waals surface area contributed by atoms with Crippen LogP contribution in [0, 0.1) is 22.7 Å². The number of nitrogens with one attached hydrogen (secondary N) is 1. The van der Waals surface area contributed by atoms with Crippen molar-refractivity contribution >= 4 is 11.6 Å². The zero-order valence-electron chi connectivity index (χ0n) is 11.8. The molecule has 1 aromatic heterocycles. The van der Waals surface area contributed by atoms with E-state index in [9.17, 15) is 5.26 Å². The minimum atomic E-state index is 0.111. The Balaban J connectivity index is 2.53. The van der Waals surface area contributed by atoms with Gasteiger partial charge in [0, 0.05) is 17.6 Å². The van der Waals surface area contributed by atoms with Crippen molar-refractivity contribution in [2.45, 2.75) is 26.4 Å². The molecular formula is C15H14ClN5. The van der Waals surface area contributed by atoms with Crippen molar-refractivity contribution < 1.29 is 0 Å². The van der Waals surface area contributed by atoms with Gasteiger partial charge in [0.15, 0.2) is 11.4 Å². The second-order valence-corrected chi connectivity index (χ2v) is 5.28. The van der Waals surface area contributed by atoms with E-state index in [-0.39, 0.29) is 11.4 Å². The molecule has 0 fully saturated rings. The molecule has 1 heterocycles. The van der Waals surface area contributed by atoms with Crippen molar-refractivity contribution in [3.8, 4) is 17.8 Å². The van der Waals surface area contributed by atoms with Crippen molar-refractivity contribution in [2.75, 3.05) is 0 Å². The van der Waals surface area contributed by atoms with Gasteiger partial charge >= 0.3 is 0 Å². The topological polar surface area (TPSA) is 77.4 Å². The number of hydrogen-bond donors (Lipinski definition) is 1. The molecule has 0 saturated heterocycles. The Hall–Kier alpha value is -2.34. The van der Waals surface area contributed by atoms with E-state index >= 15 is 0 Å². The summed E-state index contributed by atoms with van der Waals surface area (Å²) in [4.78, 5) is 3.96. The maximum Gasteiger partial charge on any atom is 0.177 e. The second-order valence-electron chi connectivity index (χ2n) is 4.84. The van der Waals surface area contributed by atoms with Crippen LogP contribution in [0.5, 0.6) is 0 Å². The molecule has 0 atom stereocenters. The number of hydrogen-bond acceptors (Lipinski definition) is 4. The molecule has 1 aromatic carbocycles. The summed E-state index contributed by atoms with van der Waals surface area (Å²) >= 11 is 6.06. The van der Waals surface area contributed by atoms with Gasteiger partial charge in [0.2, 0.25) is 0 Å². The van der Waals surface area contributed by atoms with Crippen molar-refractivity contribution in [3.05, 3.63) is 46.5 Å². The molecule has 0 bridgehead atoms. The number of nitrogens with zero attached hydrogens (tertiary/aromatic N) is 4. The Labute approximate surface area is 128 Å². The first-order valence-corrected chi connectivity index (χ1v) is 6.84. The minimum Gasteiger partial charge on any atom is -0.310 e. The van der Waals surface area contributed by atoms with E-state index in [4.69, 9.17) is 16.9 Å². The lowest BCUT2D eigenvalue weighted by molar-refractivity contribution is 0.587. The van der Waals surface area contributed by atoms with Gasteiger partial charge in [-0.3, -0.25) is 4.57 Å². The van der Waals surface area contributed by atoms with Crippen LogP contribution in [0.15, 0.2) is 24.5 Å². The molecule has 0 spiro atoms. The fourth-order valence-electron chi connectivity index (χ4n) is 1.94. The molecule has 6 heteroatoms. The van der Waals surface area contributed by atoms with Crippen LogP contribution < -0.4 is 5.32 Å². The van der Waals surface area contributed by atoms with E-state index in [2.05, 4.69) is 24.1 Å². The second kappa shape index (κ2) is 6.41. The van der Waals surface area contributed by atoms with Gasteiger partial charge in [0.05, 0.1) is 5.69 Å². The Bertz CT molecular complexity index is 733. The molecule has 0 aliphatic heterocycles. The van der Waals surface area contributed by atoms with E-state index < -0.39 is 0 Å². The molecule has 0 amide bonds. The molecule has 21 heavy (non-hydrogen) atoms. The summed E-state index contributed by atoms with van der Waals surface area (Å²) < 4.78 is 1.60. The number of imidazole rings is 1. The summed E-state index contributed by atoms with van der Waals surface area (Å²) in [5, 5.41) is 22.1. The summed E-state index contributed by atoms with van der Waals surface area (Å²) in [7, 11) is 0. The maximum atomic E-state index is 9.25. The number of rotatable bonds is 4. The normalized spacial score (nSPS) is 10.4. The lowest BCUT2D eigenvalue weighted by Gasteiger charge is -2.14. The van der Waals surface area contributed by atoms with Crippen LogP contribution in [0.25, 0.3) is 5.69 Å². The van der Waals surface area contributed by atoms with Crippen LogP contribution in [0.1, 0.15) is 30.8 Å². The molecule has 1 N–H and O–H groups in total. The lowest BCUT2D eigenvalue weighted by Crippen LogP contribution is -2.22. The molecule has 2 aromatic rings. The molecule has 2 rings (SSSR count). The summed E-state index contributed by atoms with van der Waals surface area (Å²) in [5.41, 5.74) is 2.05. The number of benzene rings is 1. The molecule has 0 unspecified atom stereocenters. The first-order chi connectivity index (χ1) is 10.1. The lowest BCUT2D eigenvalue weighted by atomic mass is 10.1. The average Bonchev–Trinajstić information content (AvgIpc) is 2.88. The Morgan fingerprint density at radius 2 is 2.10 bits per heavy atom. The molecule has 0 saturated carbocycles. The highest BCUT2D eigenvalue weighted by atomic mass is 35.5. The minimum absolute atomic E-state index is 0.111. The smallest absolute Gasteiger partial charge is 0.177 e. The summed E-state index contributed by atoms with van der Waals surface area (Å²) in [5.74, 6) is 0. The van der Waals surface area contributed by atoms with Gasteiger partial charge in [-0.2, -0.15) is 10.5 Å². The number of aromatic nitrogens is 2. The average molecular weight is 300 g/mol. The largest absolute Gasteiger partial charge is 0.310 e. The first-order valence-electron chi connectivity index (χ1n) is 6.46. The van der Waals surface area contributed by atoms with Crippen LogP contribution >= 0.6 is 11.6 Å². The zero-order chi connectivity index (χ0) is 15.4. The van der Waals surface area contributed by atoms with Crippen LogP contribution in [0.3, 0.4) is 0 Å². The molecular weight excluding hydrogens is 286 g/mol. The molecule has 5 nitrogen and oxygen atoms in total. The van der Waals surface area contributed by atoms with Crippen LogP contribution in [0.4, 0.5) is 0 Å². The third-order valence-electron chi connectivity index (χ3n) is 2.99. The predicted octanol–water partition coefficient (Wildman–Crippen LogP) is 2.77. The first kappa shape index (κ1) is 15.1.